The van der Waals surface area contributed by atoms with Gasteiger partial charge in [-0.3, -0.25) is 19.4 Å². The van der Waals surface area contributed by atoms with Gasteiger partial charge in [-0.2, -0.15) is 4.98 Å². The van der Waals surface area contributed by atoms with Crippen LogP contribution in [0.1, 0.15) is 24.9 Å². The number of thioether (sulfide) groups is 1. The number of nitrogens with zero attached hydrogens (tertiary/aromatic N) is 2. The number of furan rings is 1. The summed E-state index contributed by atoms with van der Waals surface area (Å²) in [5.41, 5.74) is -1.50. The maximum atomic E-state index is 11.2. The van der Waals surface area contributed by atoms with Crippen molar-refractivity contribution in [2.45, 2.75) is 30.8 Å². The Hall–Kier alpha value is -1.80. The minimum atomic E-state index is -0.778. The van der Waals surface area contributed by atoms with Crippen LogP contribution in [0.2, 0.25) is 0 Å². The Morgan fingerprint density at radius 1 is 1.38 bits per heavy atom. The van der Waals surface area contributed by atoms with E-state index >= 15 is 0 Å². The van der Waals surface area contributed by atoms with Crippen molar-refractivity contribution in [3.8, 4) is 0 Å². The molecule has 2 aromatic rings. The smallest absolute Gasteiger partial charge is 0.339 e. The van der Waals surface area contributed by atoms with Gasteiger partial charge in [-0.15, -0.1) is 0 Å². The fraction of sp³-hybridized carbons (Fsp3) is 0.462. The van der Waals surface area contributed by atoms with E-state index in [1.807, 2.05) is 12.1 Å². The molecular formula is C13H18N4O3S. The van der Waals surface area contributed by atoms with Crippen molar-refractivity contribution >= 4 is 11.8 Å². The van der Waals surface area contributed by atoms with Gasteiger partial charge in [0.2, 0.25) is 0 Å². The second-order valence-corrected chi connectivity index (χ2v) is 5.48. The number of aromatic nitrogens is 3. The van der Waals surface area contributed by atoms with E-state index < -0.39 is 11.1 Å². The van der Waals surface area contributed by atoms with Crippen LogP contribution in [0, 0.1) is 0 Å². The van der Waals surface area contributed by atoms with Crippen molar-refractivity contribution in [1.29, 1.82) is 0 Å². The van der Waals surface area contributed by atoms with Crippen LogP contribution in [0.4, 0.5) is 0 Å². The van der Waals surface area contributed by atoms with Gasteiger partial charge in [0.25, 0.3) is 0 Å². The van der Waals surface area contributed by atoms with Crippen molar-refractivity contribution in [1.82, 2.24) is 20.1 Å². The second-order valence-electron chi connectivity index (χ2n) is 4.53. The number of hydrogen-bond acceptors (Lipinski definition) is 6. The first kappa shape index (κ1) is 15.6. The van der Waals surface area contributed by atoms with Crippen molar-refractivity contribution in [2.24, 2.45) is 7.05 Å². The molecule has 0 fully saturated rings. The van der Waals surface area contributed by atoms with E-state index in [1.54, 1.807) is 7.05 Å². The first-order valence-electron chi connectivity index (χ1n) is 6.68. The van der Waals surface area contributed by atoms with Gasteiger partial charge in [0.15, 0.2) is 5.16 Å². The molecule has 7 nitrogen and oxygen atoms in total. The number of aryl methyl sites for hydroxylation is 1. The van der Waals surface area contributed by atoms with Crippen LogP contribution in [-0.4, -0.2) is 21.3 Å². The molecule has 0 bridgehead atoms. The van der Waals surface area contributed by atoms with Crippen LogP contribution in [-0.2, 0) is 19.3 Å². The topological polar surface area (TPSA) is 92.9 Å². The molecule has 8 heteroatoms. The molecule has 0 radical (unpaired) electrons. The van der Waals surface area contributed by atoms with E-state index in [9.17, 15) is 9.59 Å². The largest absolute Gasteiger partial charge is 0.464 e. The lowest BCUT2D eigenvalue weighted by Gasteiger charge is -2.04. The molecule has 0 aliphatic carbocycles. The Morgan fingerprint density at radius 2 is 2.14 bits per heavy atom. The van der Waals surface area contributed by atoms with Gasteiger partial charge in [0.05, 0.1) is 12.3 Å². The molecule has 0 saturated carbocycles. The molecule has 0 aromatic carbocycles. The normalized spacial score (nSPS) is 11.0. The van der Waals surface area contributed by atoms with Crippen molar-refractivity contribution in [2.75, 3.05) is 6.54 Å². The van der Waals surface area contributed by atoms with Gasteiger partial charge in [-0.25, -0.2) is 0 Å². The van der Waals surface area contributed by atoms with Crippen LogP contribution >= 0.6 is 11.8 Å². The van der Waals surface area contributed by atoms with Crippen molar-refractivity contribution < 1.29 is 4.42 Å². The molecule has 0 amide bonds. The summed E-state index contributed by atoms with van der Waals surface area (Å²) in [6, 6.07) is 3.83. The zero-order chi connectivity index (χ0) is 15.2. The molecule has 2 heterocycles. The van der Waals surface area contributed by atoms with E-state index in [0.29, 0.717) is 17.5 Å². The van der Waals surface area contributed by atoms with Crippen molar-refractivity contribution in [3.05, 3.63) is 44.4 Å². The number of nitrogens with one attached hydrogen (secondary N) is 2. The zero-order valence-electron chi connectivity index (χ0n) is 12.0. The fourth-order valence-electron chi connectivity index (χ4n) is 1.71. The van der Waals surface area contributed by atoms with Gasteiger partial charge in [-0.1, -0.05) is 18.7 Å². The standard InChI is InChI=1S/C13H18N4O3S/c1-3-6-14-7-9-4-5-10(20-9)8-21-13-15-11(18)12(19)16-17(13)2/h4-5,14H,3,6-8H2,1-2H3,(H,16,19). The number of rotatable bonds is 7. The number of hydrogen-bond donors (Lipinski definition) is 2. The van der Waals surface area contributed by atoms with E-state index in [1.165, 1.54) is 16.4 Å². The van der Waals surface area contributed by atoms with Crippen LogP contribution in [0.25, 0.3) is 0 Å². The molecular weight excluding hydrogens is 292 g/mol. The molecule has 2 rings (SSSR count). The lowest BCUT2D eigenvalue weighted by atomic mass is 10.4. The predicted molar refractivity (Wildman–Crippen MR) is 80.4 cm³/mol. The predicted octanol–water partition coefficient (Wildman–Crippen LogP) is 0.853. The quantitative estimate of drug-likeness (QED) is 0.447. The third-order valence-corrected chi connectivity index (χ3v) is 3.79. The first-order valence-corrected chi connectivity index (χ1v) is 7.67. The Morgan fingerprint density at radius 3 is 2.90 bits per heavy atom. The fourth-order valence-corrected chi connectivity index (χ4v) is 2.52. The highest BCUT2D eigenvalue weighted by Gasteiger charge is 2.07. The monoisotopic (exact) mass is 310 g/mol. The lowest BCUT2D eigenvalue weighted by molar-refractivity contribution is 0.459. The summed E-state index contributed by atoms with van der Waals surface area (Å²) in [6.07, 6.45) is 1.08. The Kier molecular flexibility index (Phi) is 5.40. The summed E-state index contributed by atoms with van der Waals surface area (Å²) in [5.74, 6) is 2.22. The maximum Gasteiger partial charge on any atom is 0.339 e. The molecule has 2 aromatic heterocycles. The van der Waals surface area contributed by atoms with Gasteiger partial charge in [0.1, 0.15) is 11.5 Å². The average Bonchev–Trinajstić information content (AvgIpc) is 2.90. The molecule has 0 aliphatic rings. The third kappa shape index (κ3) is 4.33. The highest BCUT2D eigenvalue weighted by atomic mass is 32.2. The second kappa shape index (κ2) is 7.28. The van der Waals surface area contributed by atoms with Crippen LogP contribution in [0.5, 0.6) is 0 Å². The van der Waals surface area contributed by atoms with Gasteiger partial charge in [-0.05, 0) is 25.1 Å². The van der Waals surface area contributed by atoms with E-state index in [2.05, 4.69) is 22.3 Å². The third-order valence-electron chi connectivity index (χ3n) is 2.73. The summed E-state index contributed by atoms with van der Waals surface area (Å²) in [7, 11) is 1.64. The molecule has 0 saturated heterocycles. The molecule has 2 N–H and O–H groups in total. The van der Waals surface area contributed by atoms with E-state index in [4.69, 9.17) is 4.42 Å². The lowest BCUT2D eigenvalue weighted by Crippen LogP contribution is -2.33. The SMILES string of the molecule is CCCNCc1ccc(CSc2nc(=O)c(=O)[nH]n2C)o1. The van der Waals surface area contributed by atoms with Crippen molar-refractivity contribution in [3.63, 3.8) is 0 Å². The summed E-state index contributed by atoms with van der Waals surface area (Å²) in [6.45, 7) is 3.76. The van der Waals surface area contributed by atoms with Gasteiger partial charge < -0.3 is 9.73 Å². The minimum absolute atomic E-state index is 0.446. The summed E-state index contributed by atoms with van der Waals surface area (Å²) in [4.78, 5) is 26.1. The molecule has 21 heavy (non-hydrogen) atoms. The Labute approximate surface area is 125 Å². The summed E-state index contributed by atoms with van der Waals surface area (Å²) in [5, 5.41) is 6.12. The zero-order valence-corrected chi connectivity index (χ0v) is 12.8. The molecule has 0 unspecified atom stereocenters. The molecule has 0 spiro atoms. The first-order chi connectivity index (χ1) is 10.1. The van der Waals surface area contributed by atoms with Crippen LogP contribution < -0.4 is 16.4 Å². The molecule has 114 valence electrons. The number of H-pyrrole nitrogens is 1. The highest BCUT2D eigenvalue weighted by molar-refractivity contribution is 7.98. The average molecular weight is 310 g/mol. The van der Waals surface area contributed by atoms with Gasteiger partial charge >= 0.3 is 11.1 Å². The van der Waals surface area contributed by atoms with E-state index in [0.717, 1.165) is 24.5 Å². The van der Waals surface area contributed by atoms with Gasteiger partial charge in [0, 0.05) is 7.05 Å². The molecule has 0 aliphatic heterocycles. The summed E-state index contributed by atoms with van der Waals surface area (Å²) < 4.78 is 7.11. The summed E-state index contributed by atoms with van der Waals surface area (Å²) >= 11 is 1.33. The maximum absolute atomic E-state index is 11.2. The Bertz CT molecular complexity index is 704. The minimum Gasteiger partial charge on any atom is -0.464 e. The number of aromatic amines is 1. The highest BCUT2D eigenvalue weighted by Crippen LogP contribution is 2.20. The van der Waals surface area contributed by atoms with Crippen LogP contribution in [0.3, 0.4) is 0 Å². The van der Waals surface area contributed by atoms with Crippen LogP contribution in [0.15, 0.2) is 31.3 Å². The molecule has 0 atom stereocenters. The van der Waals surface area contributed by atoms with E-state index in [-0.39, 0.29) is 0 Å². The Balaban J connectivity index is 1.96.